The first kappa shape index (κ1) is 24.6. The summed E-state index contributed by atoms with van der Waals surface area (Å²) in [5.41, 5.74) is 6.91. The number of anilines is 1. The monoisotopic (exact) mass is 476 g/mol. The minimum atomic E-state index is -3.64. The van der Waals surface area contributed by atoms with Gasteiger partial charge in [0.25, 0.3) is 0 Å². The van der Waals surface area contributed by atoms with E-state index in [1.54, 1.807) is 55.9 Å². The average Bonchev–Trinajstić information content (AvgIpc) is 3.16. The molecule has 3 atom stereocenters. The molecule has 0 saturated heterocycles. The van der Waals surface area contributed by atoms with Crippen LogP contribution in [0.2, 0.25) is 0 Å². The largest absolute Gasteiger partial charge is 0.462 e. The number of nitrogens with two attached hydrogens (primary N) is 1. The summed E-state index contributed by atoms with van der Waals surface area (Å²) in [4.78, 5) is 24.6. The first-order valence-corrected chi connectivity index (χ1v) is 12.3. The van der Waals surface area contributed by atoms with Gasteiger partial charge in [-0.1, -0.05) is 18.2 Å². The van der Waals surface area contributed by atoms with Crippen molar-refractivity contribution < 1.29 is 23.4 Å². The molecule has 12 heteroatoms. The molecule has 0 fully saturated rings. The third kappa shape index (κ3) is 6.74. The van der Waals surface area contributed by atoms with E-state index in [0.29, 0.717) is 29.3 Å². The minimum Gasteiger partial charge on any atom is -0.462 e. The maximum Gasteiger partial charge on any atom is 0.342 e. The van der Waals surface area contributed by atoms with Crippen molar-refractivity contribution in [3.63, 3.8) is 0 Å². The van der Waals surface area contributed by atoms with Crippen LogP contribution in [0.25, 0.3) is 11.2 Å². The Morgan fingerprint density at radius 3 is 2.58 bits per heavy atom. The molecule has 0 bridgehead atoms. The Morgan fingerprint density at radius 1 is 1.15 bits per heavy atom. The molecule has 2 heterocycles. The summed E-state index contributed by atoms with van der Waals surface area (Å²) in [6.07, 6.45) is 2.01. The number of nitrogen functional groups attached to an aromatic ring is 1. The second-order valence-corrected chi connectivity index (χ2v) is 9.89. The zero-order valence-corrected chi connectivity index (χ0v) is 19.9. The predicted molar refractivity (Wildman–Crippen MR) is 124 cm³/mol. The third-order valence-corrected chi connectivity index (χ3v) is 6.28. The van der Waals surface area contributed by atoms with Crippen LogP contribution in [0.5, 0.6) is 5.75 Å². The zero-order valence-electron chi connectivity index (χ0n) is 19.0. The highest BCUT2D eigenvalue weighted by molar-refractivity contribution is 7.57. The number of fused-ring (bicyclic) bond motifs is 1. The van der Waals surface area contributed by atoms with E-state index in [1.165, 1.54) is 6.33 Å². The third-order valence-electron chi connectivity index (χ3n) is 4.50. The van der Waals surface area contributed by atoms with Gasteiger partial charge in [0.2, 0.25) is 0 Å². The number of esters is 1. The van der Waals surface area contributed by atoms with Crippen LogP contribution in [0, 0.1) is 0 Å². The van der Waals surface area contributed by atoms with Crippen molar-refractivity contribution in [3.8, 4) is 5.75 Å². The number of ether oxygens (including phenoxy) is 2. The second-order valence-electron chi connectivity index (χ2n) is 7.85. The molecule has 11 nitrogen and oxygen atoms in total. The number of nitrogens with one attached hydrogen (secondary N) is 1. The molecule has 3 aromatic rings. The van der Waals surface area contributed by atoms with E-state index < -0.39 is 19.5 Å². The lowest BCUT2D eigenvalue weighted by atomic mass is 10.3. The first-order chi connectivity index (χ1) is 15.7. The molecular formula is C21H29N6O5P. The number of carbonyl (C=O) groups is 1. The topological polar surface area (TPSA) is 143 Å². The van der Waals surface area contributed by atoms with Crippen LogP contribution < -0.4 is 15.3 Å². The van der Waals surface area contributed by atoms with Crippen LogP contribution in [-0.2, 0) is 25.4 Å². The molecule has 0 radical (unpaired) electrons. The van der Waals surface area contributed by atoms with E-state index in [2.05, 4.69) is 20.0 Å². The molecule has 0 spiro atoms. The molecule has 0 aliphatic carbocycles. The summed E-state index contributed by atoms with van der Waals surface area (Å²) < 4.78 is 32.2. The van der Waals surface area contributed by atoms with Crippen LogP contribution in [0.3, 0.4) is 0 Å². The molecule has 3 N–H and O–H groups in total. The lowest BCUT2D eigenvalue weighted by Crippen LogP contribution is -2.37. The predicted octanol–water partition coefficient (Wildman–Crippen LogP) is 2.97. The Kier molecular flexibility index (Phi) is 8.01. The van der Waals surface area contributed by atoms with E-state index in [0.717, 1.165) is 0 Å². The molecule has 0 aliphatic heterocycles. The lowest BCUT2D eigenvalue weighted by Gasteiger charge is -2.25. The Labute approximate surface area is 192 Å². The van der Waals surface area contributed by atoms with Gasteiger partial charge in [0, 0.05) is 0 Å². The zero-order chi connectivity index (χ0) is 24.0. The lowest BCUT2D eigenvalue weighted by molar-refractivity contribution is -0.149. The fourth-order valence-corrected chi connectivity index (χ4v) is 4.80. The van der Waals surface area contributed by atoms with Gasteiger partial charge in [0.05, 0.1) is 25.1 Å². The van der Waals surface area contributed by atoms with Gasteiger partial charge >= 0.3 is 13.5 Å². The van der Waals surface area contributed by atoms with Gasteiger partial charge in [-0.2, -0.15) is 0 Å². The molecule has 0 saturated carbocycles. The molecule has 0 aliphatic rings. The Hall–Kier alpha value is -3.01. The number of para-hydroxylation sites is 1. The van der Waals surface area contributed by atoms with Crippen molar-refractivity contribution in [2.45, 2.75) is 52.5 Å². The summed E-state index contributed by atoms with van der Waals surface area (Å²) in [6, 6.07) is 7.83. The number of imidazole rings is 1. The summed E-state index contributed by atoms with van der Waals surface area (Å²) >= 11 is 0. The number of rotatable bonds is 11. The summed E-state index contributed by atoms with van der Waals surface area (Å²) in [6.45, 7) is 7.25. The highest BCUT2D eigenvalue weighted by Gasteiger charge is 2.32. The minimum absolute atomic E-state index is 0.272. The second kappa shape index (κ2) is 10.7. The van der Waals surface area contributed by atoms with Crippen molar-refractivity contribution >= 4 is 30.5 Å². The summed E-state index contributed by atoms with van der Waals surface area (Å²) in [7, 11) is -3.64. The highest BCUT2D eigenvalue weighted by Crippen LogP contribution is 2.44. The Bertz CT molecular complexity index is 1120. The molecule has 3 rings (SSSR count). The van der Waals surface area contributed by atoms with E-state index in [4.69, 9.17) is 19.7 Å². The van der Waals surface area contributed by atoms with E-state index in [-0.39, 0.29) is 18.6 Å². The van der Waals surface area contributed by atoms with E-state index >= 15 is 0 Å². The standard InChI is InChI=1S/C21H29N6O5P/c1-14(2)31-21(28)16(4)26-33(29,32-17-8-6-5-7-9-17)13-30-15(3)10-27-12-25-18-19(22)23-11-24-20(18)27/h5-9,11-12,14-16H,10,13H2,1-4H3,(H,26,29)(H2,22,23,24)/t15?,16-,33?/m0/s1. The van der Waals surface area contributed by atoms with Crippen molar-refractivity contribution in [1.82, 2.24) is 24.6 Å². The molecule has 178 valence electrons. The molecule has 33 heavy (non-hydrogen) atoms. The van der Waals surface area contributed by atoms with Crippen molar-refractivity contribution in [3.05, 3.63) is 43.0 Å². The number of aromatic nitrogens is 4. The molecular weight excluding hydrogens is 447 g/mol. The summed E-state index contributed by atoms with van der Waals surface area (Å²) in [5, 5.41) is 2.78. The number of hydrogen-bond acceptors (Lipinski definition) is 9. The van der Waals surface area contributed by atoms with Gasteiger partial charge in [-0.05, 0) is 39.8 Å². The normalized spacial score (nSPS) is 15.2. The van der Waals surface area contributed by atoms with Crippen LogP contribution in [-0.4, -0.2) is 50.1 Å². The SMILES string of the molecule is CC(C)OC(=O)[C@H](C)NP(=O)(COC(C)Cn1cnc2c(N)ncnc21)Oc1ccccc1. The molecule has 1 aromatic carbocycles. The molecule has 0 amide bonds. The van der Waals surface area contributed by atoms with Crippen LogP contribution in [0.4, 0.5) is 5.82 Å². The van der Waals surface area contributed by atoms with Gasteiger partial charge in [0.15, 0.2) is 11.5 Å². The number of nitrogens with zero attached hydrogens (tertiary/aromatic N) is 4. The van der Waals surface area contributed by atoms with Gasteiger partial charge in [-0.15, -0.1) is 0 Å². The Balaban J connectivity index is 1.70. The van der Waals surface area contributed by atoms with Crippen molar-refractivity contribution in [1.29, 1.82) is 0 Å². The van der Waals surface area contributed by atoms with Crippen molar-refractivity contribution in [2.75, 3.05) is 12.1 Å². The first-order valence-electron chi connectivity index (χ1n) is 10.5. The van der Waals surface area contributed by atoms with E-state index in [9.17, 15) is 9.36 Å². The quantitative estimate of drug-likeness (QED) is 0.313. The van der Waals surface area contributed by atoms with Crippen molar-refractivity contribution in [2.24, 2.45) is 0 Å². The number of hydrogen-bond donors (Lipinski definition) is 2. The maximum atomic E-state index is 13.6. The smallest absolute Gasteiger partial charge is 0.342 e. The average molecular weight is 476 g/mol. The number of benzene rings is 1. The van der Waals surface area contributed by atoms with Gasteiger partial charge in [-0.25, -0.2) is 20.0 Å². The van der Waals surface area contributed by atoms with Gasteiger partial charge in [0.1, 0.15) is 30.0 Å². The Morgan fingerprint density at radius 2 is 1.88 bits per heavy atom. The van der Waals surface area contributed by atoms with Crippen LogP contribution in [0.1, 0.15) is 27.7 Å². The molecule has 2 unspecified atom stereocenters. The van der Waals surface area contributed by atoms with Gasteiger partial charge in [-0.3, -0.25) is 9.36 Å². The van der Waals surface area contributed by atoms with Crippen LogP contribution in [0.15, 0.2) is 43.0 Å². The van der Waals surface area contributed by atoms with Crippen LogP contribution >= 0.6 is 7.52 Å². The summed E-state index contributed by atoms with van der Waals surface area (Å²) in [5.74, 6) is 0.151. The fourth-order valence-electron chi connectivity index (χ4n) is 3.01. The van der Waals surface area contributed by atoms with E-state index in [1.807, 2.05) is 13.0 Å². The fraction of sp³-hybridized carbons (Fsp3) is 0.429. The maximum absolute atomic E-state index is 13.6. The highest BCUT2D eigenvalue weighted by atomic mass is 31.2. The number of carbonyl (C=O) groups excluding carboxylic acids is 1. The molecule has 2 aromatic heterocycles. The van der Waals surface area contributed by atoms with Gasteiger partial charge < -0.3 is 24.3 Å².